The zero-order valence-corrected chi connectivity index (χ0v) is 26.5. The number of fused-ring (bicyclic) bond motifs is 5. The number of ketones is 1. The number of allylic oxidation sites excluding steroid dienone is 1. The number of carboxylic acids is 1. The molecule has 41 heavy (non-hydrogen) atoms. The van der Waals surface area contributed by atoms with Gasteiger partial charge in [0.05, 0.1) is 6.42 Å². The van der Waals surface area contributed by atoms with E-state index in [0.29, 0.717) is 18.4 Å². The number of alkyl carbamates (subject to hydrolysis) is 1. The van der Waals surface area contributed by atoms with Crippen molar-refractivity contribution in [1.29, 1.82) is 0 Å². The number of carboxylic acid groups (broad SMARTS) is 1. The van der Waals surface area contributed by atoms with Crippen molar-refractivity contribution in [2.45, 2.75) is 137 Å². The first-order valence-corrected chi connectivity index (χ1v) is 16.8. The Labute approximate surface area is 248 Å². The summed E-state index contributed by atoms with van der Waals surface area (Å²) in [6, 6.07) is 0. The highest BCUT2D eigenvalue weighted by Gasteiger charge is 2.59. The number of amides is 1. The molecule has 0 radical (unpaired) electrons. The fourth-order valence-electron chi connectivity index (χ4n) is 9.79. The Morgan fingerprint density at radius 3 is 2.49 bits per heavy atom. The van der Waals surface area contributed by atoms with Crippen LogP contribution in [-0.2, 0) is 14.3 Å². The average molecular weight is 572 g/mol. The van der Waals surface area contributed by atoms with Crippen LogP contribution in [0.2, 0.25) is 0 Å². The van der Waals surface area contributed by atoms with Crippen molar-refractivity contribution in [3.63, 3.8) is 0 Å². The summed E-state index contributed by atoms with van der Waals surface area (Å²) in [5.74, 6) is 3.89. The summed E-state index contributed by atoms with van der Waals surface area (Å²) >= 11 is 0. The van der Waals surface area contributed by atoms with Crippen molar-refractivity contribution in [2.24, 2.45) is 46.3 Å². The van der Waals surface area contributed by atoms with Gasteiger partial charge in [0, 0.05) is 25.8 Å². The SMILES string of the molecule is CC(C)CCC[C@@H](C)[C@H]1CC[C@H]2[C@@H]3CC=C4CC(OC(=O)NCCCC(=O)CCC(=O)O)CC[C@]4(C)[C@H]3CC[C@]12C. The lowest BCUT2D eigenvalue weighted by atomic mass is 9.47. The maximum atomic E-state index is 12.5. The number of rotatable bonds is 13. The Hall–Kier alpha value is -1.85. The summed E-state index contributed by atoms with van der Waals surface area (Å²) in [6.45, 7) is 12.8. The van der Waals surface area contributed by atoms with E-state index in [-0.39, 0.29) is 36.6 Å². The Kier molecular flexibility index (Phi) is 10.7. The predicted molar refractivity (Wildman–Crippen MR) is 162 cm³/mol. The van der Waals surface area contributed by atoms with Crippen LogP contribution < -0.4 is 5.32 Å². The summed E-state index contributed by atoms with van der Waals surface area (Å²) < 4.78 is 5.83. The highest BCUT2D eigenvalue weighted by atomic mass is 16.6. The first-order chi connectivity index (χ1) is 19.4. The molecule has 1 unspecified atom stereocenters. The number of hydrogen-bond acceptors (Lipinski definition) is 4. The fraction of sp³-hybridized carbons (Fsp3) is 0.857. The van der Waals surface area contributed by atoms with E-state index in [4.69, 9.17) is 9.84 Å². The van der Waals surface area contributed by atoms with Crippen LogP contribution in [0.3, 0.4) is 0 Å². The zero-order valence-electron chi connectivity index (χ0n) is 26.5. The zero-order chi connectivity index (χ0) is 29.8. The van der Waals surface area contributed by atoms with Crippen molar-refractivity contribution in [2.75, 3.05) is 6.54 Å². The van der Waals surface area contributed by atoms with Crippen molar-refractivity contribution < 1.29 is 24.2 Å². The summed E-state index contributed by atoms with van der Waals surface area (Å²) in [5.41, 5.74) is 2.25. The molecule has 6 nitrogen and oxygen atoms in total. The predicted octanol–water partition coefficient (Wildman–Crippen LogP) is 8.34. The highest BCUT2D eigenvalue weighted by molar-refractivity contribution is 5.82. The topological polar surface area (TPSA) is 92.7 Å². The van der Waals surface area contributed by atoms with Crippen LogP contribution in [0.4, 0.5) is 4.79 Å². The molecule has 3 fully saturated rings. The molecule has 8 atom stereocenters. The van der Waals surface area contributed by atoms with Gasteiger partial charge in [-0.2, -0.15) is 0 Å². The van der Waals surface area contributed by atoms with E-state index in [1.54, 1.807) is 0 Å². The van der Waals surface area contributed by atoms with Crippen LogP contribution in [0, 0.1) is 46.3 Å². The summed E-state index contributed by atoms with van der Waals surface area (Å²) in [6.07, 6.45) is 16.5. The number of carbonyl (C=O) groups is 3. The fourth-order valence-corrected chi connectivity index (χ4v) is 9.79. The van der Waals surface area contributed by atoms with Gasteiger partial charge in [0.2, 0.25) is 0 Å². The maximum Gasteiger partial charge on any atom is 0.407 e. The minimum absolute atomic E-state index is 0.0513. The van der Waals surface area contributed by atoms with Gasteiger partial charge in [0.15, 0.2) is 0 Å². The number of aliphatic carboxylic acids is 1. The monoisotopic (exact) mass is 571 g/mol. The first-order valence-electron chi connectivity index (χ1n) is 16.8. The maximum absolute atomic E-state index is 12.5. The normalized spacial score (nSPS) is 35.1. The lowest BCUT2D eigenvalue weighted by Crippen LogP contribution is -2.51. The molecule has 0 saturated heterocycles. The second-order valence-electron chi connectivity index (χ2n) is 15.0. The van der Waals surface area contributed by atoms with Crippen LogP contribution in [0.25, 0.3) is 0 Å². The highest BCUT2D eigenvalue weighted by Crippen LogP contribution is 2.67. The van der Waals surface area contributed by atoms with Gasteiger partial charge < -0.3 is 15.2 Å². The van der Waals surface area contributed by atoms with E-state index in [0.717, 1.165) is 54.8 Å². The van der Waals surface area contributed by atoms with E-state index in [2.05, 4.69) is 46.0 Å². The average Bonchev–Trinajstić information content (AvgIpc) is 3.27. The molecule has 2 N–H and O–H groups in total. The summed E-state index contributed by atoms with van der Waals surface area (Å²) in [4.78, 5) is 34.8. The smallest absolute Gasteiger partial charge is 0.407 e. The molecule has 0 aromatic heterocycles. The molecular formula is C35H57NO5. The molecule has 0 aliphatic heterocycles. The molecule has 0 bridgehead atoms. The van der Waals surface area contributed by atoms with E-state index in [9.17, 15) is 14.4 Å². The van der Waals surface area contributed by atoms with E-state index in [1.165, 1.54) is 56.9 Å². The quantitative estimate of drug-likeness (QED) is 0.171. The van der Waals surface area contributed by atoms with E-state index >= 15 is 0 Å². The third kappa shape index (κ3) is 7.39. The van der Waals surface area contributed by atoms with Crippen LogP contribution in [0.5, 0.6) is 0 Å². The number of ether oxygens (including phenoxy) is 1. The van der Waals surface area contributed by atoms with Crippen LogP contribution in [-0.4, -0.2) is 35.6 Å². The molecule has 4 rings (SSSR count). The number of Topliss-reactive ketones (excluding diaryl/α,β-unsaturated/α-hetero) is 1. The molecular weight excluding hydrogens is 514 g/mol. The molecule has 0 spiro atoms. The Morgan fingerprint density at radius 2 is 1.76 bits per heavy atom. The van der Waals surface area contributed by atoms with Crippen molar-refractivity contribution >= 4 is 17.8 Å². The first kappa shape index (κ1) is 32.1. The third-order valence-corrected chi connectivity index (χ3v) is 12.1. The Bertz CT molecular complexity index is 974. The van der Waals surface area contributed by atoms with Crippen molar-refractivity contribution in [1.82, 2.24) is 5.32 Å². The molecule has 0 aromatic rings. The summed E-state index contributed by atoms with van der Waals surface area (Å²) in [7, 11) is 0. The molecule has 4 aliphatic carbocycles. The number of nitrogens with one attached hydrogen (secondary N) is 1. The van der Waals surface area contributed by atoms with E-state index < -0.39 is 12.1 Å². The van der Waals surface area contributed by atoms with E-state index in [1.807, 2.05) is 0 Å². The van der Waals surface area contributed by atoms with Gasteiger partial charge in [-0.05, 0) is 97.7 Å². The second-order valence-corrected chi connectivity index (χ2v) is 15.0. The van der Waals surface area contributed by atoms with Crippen LogP contribution >= 0.6 is 0 Å². The molecule has 1 amide bonds. The van der Waals surface area contributed by atoms with Gasteiger partial charge in [-0.15, -0.1) is 0 Å². The van der Waals surface area contributed by atoms with Gasteiger partial charge in [0.25, 0.3) is 0 Å². The van der Waals surface area contributed by atoms with Gasteiger partial charge in [0.1, 0.15) is 11.9 Å². The number of hydrogen-bond donors (Lipinski definition) is 2. The molecule has 0 heterocycles. The van der Waals surface area contributed by atoms with Gasteiger partial charge in [-0.1, -0.05) is 65.5 Å². The molecule has 4 aliphatic rings. The lowest BCUT2D eigenvalue weighted by Gasteiger charge is -2.58. The summed E-state index contributed by atoms with van der Waals surface area (Å²) in [5, 5.41) is 11.5. The standard InChI is InChI=1S/C35H57NO5/c1-23(2)8-6-9-24(3)29-14-15-30-28-13-11-25-22-27(17-19-34(25,4)31(28)18-20-35(29,30)5)41-33(40)36-21-7-10-26(37)12-16-32(38)39/h11,23-24,27-31H,6-10,12-22H2,1-5H3,(H,36,40)(H,38,39)/t24-,27?,28+,29-,30+,31+,34+,35-/m1/s1. The molecule has 232 valence electrons. The molecule has 0 aromatic carbocycles. The van der Waals surface area contributed by atoms with Crippen LogP contribution in [0.1, 0.15) is 131 Å². The Morgan fingerprint density at radius 1 is 0.976 bits per heavy atom. The largest absolute Gasteiger partial charge is 0.481 e. The van der Waals surface area contributed by atoms with Gasteiger partial charge >= 0.3 is 12.1 Å². The van der Waals surface area contributed by atoms with Gasteiger partial charge in [-0.25, -0.2) is 4.79 Å². The molecule has 6 heteroatoms. The second kappa shape index (κ2) is 13.6. The number of carbonyl (C=O) groups excluding carboxylic acids is 2. The Balaban J connectivity index is 1.27. The molecule has 3 saturated carbocycles. The minimum Gasteiger partial charge on any atom is -0.481 e. The lowest BCUT2D eigenvalue weighted by molar-refractivity contribution is -0.138. The van der Waals surface area contributed by atoms with Crippen molar-refractivity contribution in [3.8, 4) is 0 Å². The van der Waals surface area contributed by atoms with Crippen molar-refractivity contribution in [3.05, 3.63) is 11.6 Å². The minimum atomic E-state index is -0.959. The third-order valence-electron chi connectivity index (χ3n) is 12.1. The van der Waals surface area contributed by atoms with Gasteiger partial charge in [-0.3, -0.25) is 9.59 Å². The van der Waals surface area contributed by atoms with Crippen LogP contribution in [0.15, 0.2) is 11.6 Å².